The topological polar surface area (TPSA) is 4.93 Å². The highest BCUT2D eigenvalue weighted by atomic mass is 14.9. The lowest BCUT2D eigenvalue weighted by molar-refractivity contribution is 1.01. The second kappa shape index (κ2) is 4.38. The van der Waals surface area contributed by atoms with E-state index < -0.39 is 0 Å². The van der Waals surface area contributed by atoms with Gasteiger partial charge >= 0.3 is 0 Å². The fraction of sp³-hybridized carbons (Fsp3) is 0.158. The molecule has 0 saturated heterocycles. The van der Waals surface area contributed by atoms with Gasteiger partial charge in [0.05, 0.1) is 0 Å². The fourth-order valence-corrected chi connectivity index (χ4v) is 3.30. The predicted octanol–water partition coefficient (Wildman–Crippen LogP) is 5.06. The Hall–Kier alpha value is -2.28. The monoisotopic (exact) mass is 259 g/mol. The highest BCUT2D eigenvalue weighted by molar-refractivity contribution is 6.12. The maximum atomic E-state index is 2.30. The average Bonchev–Trinajstić information content (AvgIpc) is 2.82. The second-order valence-corrected chi connectivity index (χ2v) is 5.43. The zero-order valence-corrected chi connectivity index (χ0v) is 11.6. The molecule has 0 aliphatic heterocycles. The molecular weight excluding hydrogens is 242 g/mol. The molecule has 0 bridgehead atoms. The number of aryl methyl sites for hydroxylation is 1. The Labute approximate surface area is 118 Å². The molecule has 0 radical (unpaired) electrons. The number of rotatable bonds is 1. The largest absolute Gasteiger partial charge is 0.344 e. The lowest BCUT2D eigenvalue weighted by Crippen LogP contribution is -1.90. The molecule has 0 amide bonds. The summed E-state index contributed by atoms with van der Waals surface area (Å²) >= 11 is 0. The Morgan fingerprint density at radius 3 is 2.65 bits per heavy atom. The van der Waals surface area contributed by atoms with Crippen molar-refractivity contribution in [3.63, 3.8) is 0 Å². The van der Waals surface area contributed by atoms with E-state index in [-0.39, 0.29) is 0 Å². The maximum absolute atomic E-state index is 2.30. The molecule has 4 rings (SSSR count). The number of aromatic nitrogens is 1. The molecule has 1 nitrogen and oxygen atoms in total. The summed E-state index contributed by atoms with van der Waals surface area (Å²) in [6, 6.07) is 15.3. The summed E-state index contributed by atoms with van der Waals surface area (Å²) < 4.78 is 2.30. The molecule has 0 fully saturated rings. The molecule has 2 aromatic carbocycles. The average molecular weight is 259 g/mol. The summed E-state index contributed by atoms with van der Waals surface area (Å²) in [5.74, 6) is 0. The van der Waals surface area contributed by atoms with Crippen molar-refractivity contribution in [3.05, 3.63) is 66.3 Å². The first kappa shape index (κ1) is 11.5. The van der Waals surface area contributed by atoms with Gasteiger partial charge in [0.15, 0.2) is 0 Å². The van der Waals surface area contributed by atoms with E-state index in [9.17, 15) is 0 Å². The Kier molecular flexibility index (Phi) is 2.53. The van der Waals surface area contributed by atoms with E-state index in [4.69, 9.17) is 0 Å². The Morgan fingerprint density at radius 2 is 1.80 bits per heavy atom. The molecule has 0 N–H and O–H groups in total. The van der Waals surface area contributed by atoms with Crippen LogP contribution < -0.4 is 0 Å². The van der Waals surface area contributed by atoms with Crippen LogP contribution in [0.1, 0.15) is 18.4 Å². The third-order valence-corrected chi connectivity index (χ3v) is 4.30. The zero-order valence-electron chi connectivity index (χ0n) is 11.6. The minimum Gasteiger partial charge on any atom is -0.344 e. The molecule has 0 saturated carbocycles. The summed E-state index contributed by atoms with van der Waals surface area (Å²) in [5.41, 5.74) is 5.47. The molecule has 1 aromatic heterocycles. The van der Waals surface area contributed by atoms with Gasteiger partial charge in [-0.1, -0.05) is 48.6 Å². The number of allylic oxidation sites excluding steroid dienone is 4. The van der Waals surface area contributed by atoms with Gasteiger partial charge in [0.2, 0.25) is 0 Å². The minimum atomic E-state index is 1.14. The first-order valence-electron chi connectivity index (χ1n) is 7.18. The molecular formula is C19H17N. The molecule has 98 valence electrons. The molecule has 0 atom stereocenters. The molecule has 20 heavy (non-hydrogen) atoms. The SMILES string of the molecule is Cn1c2ccccc2c2c(C3=CC=CCC3)cccc21. The molecule has 1 aliphatic rings. The van der Waals surface area contributed by atoms with E-state index in [0.717, 1.165) is 12.8 Å². The maximum Gasteiger partial charge on any atom is 0.0494 e. The number of benzene rings is 2. The number of fused-ring (bicyclic) bond motifs is 3. The minimum absolute atomic E-state index is 1.14. The zero-order chi connectivity index (χ0) is 13.5. The van der Waals surface area contributed by atoms with Crippen molar-refractivity contribution in [2.45, 2.75) is 12.8 Å². The van der Waals surface area contributed by atoms with Crippen LogP contribution in [-0.2, 0) is 7.05 Å². The van der Waals surface area contributed by atoms with E-state index in [1.807, 2.05) is 0 Å². The van der Waals surface area contributed by atoms with E-state index in [1.165, 1.54) is 32.9 Å². The fourth-order valence-electron chi connectivity index (χ4n) is 3.30. The second-order valence-electron chi connectivity index (χ2n) is 5.43. The van der Waals surface area contributed by atoms with Crippen LogP contribution in [0, 0.1) is 0 Å². The third-order valence-electron chi connectivity index (χ3n) is 4.30. The van der Waals surface area contributed by atoms with Crippen molar-refractivity contribution < 1.29 is 0 Å². The number of para-hydroxylation sites is 1. The molecule has 1 heteroatoms. The van der Waals surface area contributed by atoms with Crippen molar-refractivity contribution in [3.8, 4) is 0 Å². The summed E-state index contributed by atoms with van der Waals surface area (Å²) in [6.45, 7) is 0. The normalized spacial score (nSPS) is 14.9. The van der Waals surface area contributed by atoms with Crippen molar-refractivity contribution in [1.82, 2.24) is 4.57 Å². The molecule has 1 heterocycles. The van der Waals surface area contributed by atoms with E-state index in [0.29, 0.717) is 0 Å². The van der Waals surface area contributed by atoms with Crippen LogP contribution in [-0.4, -0.2) is 4.57 Å². The van der Waals surface area contributed by atoms with Crippen LogP contribution in [0.15, 0.2) is 60.7 Å². The molecule has 3 aromatic rings. The van der Waals surface area contributed by atoms with Gasteiger partial charge in [-0.25, -0.2) is 0 Å². The number of hydrogen-bond acceptors (Lipinski definition) is 0. The van der Waals surface area contributed by atoms with Crippen molar-refractivity contribution in [2.24, 2.45) is 7.05 Å². The highest BCUT2D eigenvalue weighted by Gasteiger charge is 2.13. The van der Waals surface area contributed by atoms with Gasteiger partial charge in [-0.3, -0.25) is 0 Å². The van der Waals surface area contributed by atoms with Gasteiger partial charge in [-0.05, 0) is 36.1 Å². The first-order chi connectivity index (χ1) is 9.86. The van der Waals surface area contributed by atoms with Crippen molar-refractivity contribution in [2.75, 3.05) is 0 Å². The lowest BCUT2D eigenvalue weighted by Gasteiger charge is -2.11. The summed E-state index contributed by atoms with van der Waals surface area (Å²) in [6.07, 6.45) is 8.97. The number of hydrogen-bond donors (Lipinski definition) is 0. The molecule has 1 aliphatic carbocycles. The quantitative estimate of drug-likeness (QED) is 0.575. The van der Waals surface area contributed by atoms with Gasteiger partial charge in [-0.2, -0.15) is 0 Å². The standard InChI is InChI=1S/C19H17N/c1-20-17-12-6-5-10-16(17)19-15(11-7-13-18(19)20)14-8-3-2-4-9-14/h2-3,5-8,10-13H,4,9H2,1H3. The van der Waals surface area contributed by atoms with Crippen molar-refractivity contribution in [1.29, 1.82) is 0 Å². The molecule has 0 unspecified atom stereocenters. The highest BCUT2D eigenvalue weighted by Crippen LogP contribution is 2.36. The summed E-state index contributed by atoms with van der Waals surface area (Å²) in [5, 5.41) is 2.75. The van der Waals surface area contributed by atoms with Crippen LogP contribution in [0.2, 0.25) is 0 Å². The predicted molar refractivity (Wildman–Crippen MR) is 86.8 cm³/mol. The smallest absolute Gasteiger partial charge is 0.0494 e. The van der Waals surface area contributed by atoms with Crippen molar-refractivity contribution >= 4 is 27.4 Å². The van der Waals surface area contributed by atoms with E-state index >= 15 is 0 Å². The Morgan fingerprint density at radius 1 is 0.950 bits per heavy atom. The van der Waals surface area contributed by atoms with Gasteiger partial charge in [-0.15, -0.1) is 0 Å². The summed E-state index contributed by atoms with van der Waals surface area (Å²) in [4.78, 5) is 0. The van der Waals surface area contributed by atoms with Crippen LogP contribution in [0.3, 0.4) is 0 Å². The van der Waals surface area contributed by atoms with Crippen LogP contribution in [0.5, 0.6) is 0 Å². The third kappa shape index (κ3) is 1.56. The Bertz CT molecular complexity index is 862. The van der Waals surface area contributed by atoms with Crippen LogP contribution in [0.4, 0.5) is 0 Å². The van der Waals surface area contributed by atoms with Gasteiger partial charge < -0.3 is 4.57 Å². The first-order valence-corrected chi connectivity index (χ1v) is 7.18. The number of nitrogens with zero attached hydrogens (tertiary/aromatic N) is 1. The molecule has 0 spiro atoms. The van der Waals surface area contributed by atoms with Gasteiger partial charge in [0, 0.05) is 28.9 Å². The van der Waals surface area contributed by atoms with Gasteiger partial charge in [0.1, 0.15) is 0 Å². The van der Waals surface area contributed by atoms with E-state index in [1.54, 1.807) is 0 Å². The Balaban J connectivity index is 2.14. The van der Waals surface area contributed by atoms with Crippen LogP contribution in [0.25, 0.3) is 27.4 Å². The lowest BCUT2D eigenvalue weighted by atomic mass is 9.94. The van der Waals surface area contributed by atoms with Gasteiger partial charge in [0.25, 0.3) is 0 Å². The van der Waals surface area contributed by atoms with Crippen LogP contribution >= 0.6 is 0 Å². The summed E-state index contributed by atoms with van der Waals surface area (Å²) in [7, 11) is 2.16. The van der Waals surface area contributed by atoms with E-state index in [2.05, 4.69) is 72.3 Å².